The summed E-state index contributed by atoms with van der Waals surface area (Å²) in [6.07, 6.45) is -4.68. The van der Waals surface area contributed by atoms with Gasteiger partial charge in [-0.25, -0.2) is 4.68 Å². The van der Waals surface area contributed by atoms with Crippen LogP contribution in [0, 0.1) is 0 Å². The summed E-state index contributed by atoms with van der Waals surface area (Å²) in [5.41, 5.74) is 0.215. The maximum absolute atomic E-state index is 13.9. The number of halogens is 4. The molecule has 0 unspecified atom stereocenters. The van der Waals surface area contributed by atoms with E-state index in [2.05, 4.69) is 15.4 Å². The Bertz CT molecular complexity index is 1270. The summed E-state index contributed by atoms with van der Waals surface area (Å²) < 4.78 is 48.3. The van der Waals surface area contributed by atoms with E-state index in [0.29, 0.717) is 16.3 Å². The van der Waals surface area contributed by atoms with Gasteiger partial charge in [-0.1, -0.05) is 41.9 Å². The summed E-state index contributed by atoms with van der Waals surface area (Å²) >= 11 is 5.80. The summed E-state index contributed by atoms with van der Waals surface area (Å²) in [5, 5.41) is 7.18. The lowest BCUT2D eigenvalue weighted by Gasteiger charge is -2.12. The number of aromatic nitrogens is 3. The molecule has 0 fully saturated rings. The first-order valence-corrected chi connectivity index (χ1v) is 9.79. The molecule has 0 radical (unpaired) electrons. The molecule has 0 bridgehead atoms. The highest BCUT2D eigenvalue weighted by molar-refractivity contribution is 6.30. The number of aryl methyl sites for hydroxylation is 1. The SMILES string of the molecule is Cn1nc(-c2ccccc2)c2c(C(F)(F)F)cc(OCC(=O)Nc3ccc(Cl)cc3)nc21. The first-order chi connectivity index (χ1) is 15.2. The average Bonchev–Trinajstić information content (AvgIpc) is 3.10. The molecule has 0 saturated heterocycles. The number of fused-ring (bicyclic) bond motifs is 1. The van der Waals surface area contributed by atoms with Crippen molar-refractivity contribution in [1.82, 2.24) is 14.8 Å². The Hall–Kier alpha value is -3.59. The first-order valence-electron chi connectivity index (χ1n) is 9.41. The normalized spacial score (nSPS) is 11.5. The van der Waals surface area contributed by atoms with Gasteiger partial charge in [0.15, 0.2) is 12.3 Å². The van der Waals surface area contributed by atoms with Gasteiger partial charge in [0.05, 0.1) is 10.9 Å². The molecule has 0 aliphatic carbocycles. The van der Waals surface area contributed by atoms with Crippen LogP contribution in [0.15, 0.2) is 60.7 Å². The third kappa shape index (κ3) is 4.52. The summed E-state index contributed by atoms with van der Waals surface area (Å²) in [5.74, 6) is -0.892. The molecule has 0 spiro atoms. The van der Waals surface area contributed by atoms with E-state index in [1.807, 2.05) is 0 Å². The number of nitrogens with one attached hydrogen (secondary N) is 1. The van der Waals surface area contributed by atoms with E-state index in [0.717, 1.165) is 6.07 Å². The fraction of sp³-hybridized carbons (Fsp3) is 0.136. The molecule has 0 aliphatic rings. The van der Waals surface area contributed by atoms with Gasteiger partial charge in [0.1, 0.15) is 5.69 Å². The summed E-state index contributed by atoms with van der Waals surface area (Å²) in [4.78, 5) is 16.3. The fourth-order valence-electron chi connectivity index (χ4n) is 3.19. The monoisotopic (exact) mass is 460 g/mol. The Kier molecular flexibility index (Phi) is 5.75. The van der Waals surface area contributed by atoms with Crippen LogP contribution in [-0.4, -0.2) is 27.3 Å². The van der Waals surface area contributed by atoms with Gasteiger partial charge in [-0.05, 0) is 24.3 Å². The van der Waals surface area contributed by atoms with Gasteiger partial charge in [0.2, 0.25) is 5.88 Å². The highest BCUT2D eigenvalue weighted by Gasteiger charge is 2.36. The second-order valence-corrected chi connectivity index (χ2v) is 7.32. The molecular formula is C22H16ClF3N4O2. The van der Waals surface area contributed by atoms with Crippen LogP contribution in [0.1, 0.15) is 5.56 Å². The van der Waals surface area contributed by atoms with Crippen LogP contribution >= 0.6 is 11.6 Å². The predicted octanol–water partition coefficient (Wildman–Crippen LogP) is 5.33. The van der Waals surface area contributed by atoms with E-state index in [4.69, 9.17) is 16.3 Å². The van der Waals surface area contributed by atoms with Gasteiger partial charge >= 0.3 is 6.18 Å². The first kappa shape index (κ1) is 21.6. The van der Waals surface area contributed by atoms with Gasteiger partial charge in [-0.15, -0.1) is 0 Å². The topological polar surface area (TPSA) is 69.0 Å². The lowest BCUT2D eigenvalue weighted by Crippen LogP contribution is -2.20. The lowest BCUT2D eigenvalue weighted by atomic mass is 10.0. The van der Waals surface area contributed by atoms with Crippen molar-refractivity contribution in [3.63, 3.8) is 0 Å². The zero-order chi connectivity index (χ0) is 22.9. The Morgan fingerprint density at radius 1 is 1.12 bits per heavy atom. The van der Waals surface area contributed by atoms with E-state index < -0.39 is 24.3 Å². The molecule has 0 aliphatic heterocycles. The fourth-order valence-corrected chi connectivity index (χ4v) is 3.32. The molecule has 164 valence electrons. The number of alkyl halides is 3. The van der Waals surface area contributed by atoms with Crippen molar-refractivity contribution >= 4 is 34.2 Å². The number of pyridine rings is 1. The number of nitrogens with zero attached hydrogens (tertiary/aromatic N) is 3. The van der Waals surface area contributed by atoms with Gasteiger partial charge in [-0.2, -0.15) is 23.3 Å². The molecule has 1 N–H and O–H groups in total. The van der Waals surface area contributed by atoms with E-state index in [-0.39, 0.29) is 22.6 Å². The Morgan fingerprint density at radius 3 is 2.47 bits per heavy atom. The molecule has 32 heavy (non-hydrogen) atoms. The number of carbonyl (C=O) groups is 1. The van der Waals surface area contributed by atoms with E-state index in [1.54, 1.807) is 54.6 Å². The third-order valence-corrected chi connectivity index (χ3v) is 4.85. The van der Waals surface area contributed by atoms with Crippen molar-refractivity contribution in [3.05, 3.63) is 71.2 Å². The number of anilines is 1. The number of hydrogen-bond donors (Lipinski definition) is 1. The second kappa shape index (κ2) is 8.51. The Balaban J connectivity index is 1.65. The number of amides is 1. The molecule has 6 nitrogen and oxygen atoms in total. The number of ether oxygens (including phenoxy) is 1. The number of carbonyl (C=O) groups excluding carboxylic acids is 1. The quantitative estimate of drug-likeness (QED) is 0.437. The van der Waals surface area contributed by atoms with Crippen LogP contribution in [-0.2, 0) is 18.0 Å². The second-order valence-electron chi connectivity index (χ2n) is 6.89. The number of rotatable bonds is 5. The largest absolute Gasteiger partial charge is 0.467 e. The zero-order valence-electron chi connectivity index (χ0n) is 16.7. The minimum Gasteiger partial charge on any atom is -0.467 e. The van der Waals surface area contributed by atoms with Crippen LogP contribution in [0.2, 0.25) is 5.02 Å². The van der Waals surface area contributed by atoms with Crippen molar-refractivity contribution in [3.8, 4) is 17.1 Å². The van der Waals surface area contributed by atoms with E-state index >= 15 is 0 Å². The van der Waals surface area contributed by atoms with Crippen molar-refractivity contribution in [2.45, 2.75) is 6.18 Å². The Morgan fingerprint density at radius 2 is 1.81 bits per heavy atom. The molecule has 0 atom stereocenters. The molecule has 2 aromatic carbocycles. The molecule has 4 aromatic rings. The highest BCUT2D eigenvalue weighted by Crippen LogP contribution is 2.40. The van der Waals surface area contributed by atoms with Gasteiger partial charge in [0, 0.05) is 29.4 Å². The standard InChI is InChI=1S/C22H16ClF3N4O2/c1-30-21-19(20(29-30)13-5-3-2-4-6-13)16(22(24,25)26)11-18(28-21)32-12-17(31)27-15-9-7-14(23)8-10-15/h2-11H,12H2,1H3,(H,27,31). The van der Waals surface area contributed by atoms with Crippen molar-refractivity contribution < 1.29 is 22.7 Å². The maximum Gasteiger partial charge on any atom is 0.417 e. The van der Waals surface area contributed by atoms with E-state index in [9.17, 15) is 18.0 Å². The smallest absolute Gasteiger partial charge is 0.417 e. The molecule has 2 aromatic heterocycles. The third-order valence-electron chi connectivity index (χ3n) is 4.60. The van der Waals surface area contributed by atoms with Crippen LogP contribution < -0.4 is 10.1 Å². The van der Waals surface area contributed by atoms with Crippen molar-refractivity contribution in [2.24, 2.45) is 7.05 Å². The predicted molar refractivity (Wildman–Crippen MR) is 115 cm³/mol. The maximum atomic E-state index is 13.9. The minimum absolute atomic E-state index is 0.00760. The molecule has 2 heterocycles. The molecule has 1 amide bonds. The van der Waals surface area contributed by atoms with Crippen molar-refractivity contribution in [1.29, 1.82) is 0 Å². The average molecular weight is 461 g/mol. The molecular weight excluding hydrogens is 445 g/mol. The zero-order valence-corrected chi connectivity index (χ0v) is 17.4. The van der Waals surface area contributed by atoms with Crippen LogP contribution in [0.3, 0.4) is 0 Å². The number of hydrogen-bond acceptors (Lipinski definition) is 4. The van der Waals surface area contributed by atoms with Crippen LogP contribution in [0.25, 0.3) is 22.3 Å². The molecule has 10 heteroatoms. The highest BCUT2D eigenvalue weighted by atomic mass is 35.5. The number of benzene rings is 2. The molecule has 0 saturated carbocycles. The molecule has 4 rings (SSSR count). The van der Waals surface area contributed by atoms with Crippen LogP contribution in [0.5, 0.6) is 5.88 Å². The minimum atomic E-state index is -4.68. The summed E-state index contributed by atoms with van der Waals surface area (Å²) in [7, 11) is 1.50. The summed E-state index contributed by atoms with van der Waals surface area (Å²) in [6.45, 7) is -0.526. The van der Waals surface area contributed by atoms with Gasteiger partial charge < -0.3 is 10.1 Å². The van der Waals surface area contributed by atoms with Gasteiger partial charge in [0.25, 0.3) is 5.91 Å². The Labute approximate surface area is 185 Å². The van der Waals surface area contributed by atoms with Gasteiger partial charge in [-0.3, -0.25) is 4.79 Å². The van der Waals surface area contributed by atoms with Crippen LogP contribution in [0.4, 0.5) is 18.9 Å². The lowest BCUT2D eigenvalue weighted by molar-refractivity contribution is -0.136. The van der Waals surface area contributed by atoms with E-state index in [1.165, 1.54) is 11.7 Å². The van der Waals surface area contributed by atoms with Crippen molar-refractivity contribution in [2.75, 3.05) is 11.9 Å². The summed E-state index contributed by atoms with van der Waals surface area (Å²) in [6, 6.07) is 15.7.